The monoisotopic (exact) mass is 453 g/mol. The number of rotatable bonds is 3. The smallest absolute Gasteiger partial charge is 0.244 e. The van der Waals surface area contributed by atoms with Gasteiger partial charge in [-0.05, 0) is 70.0 Å². The summed E-state index contributed by atoms with van der Waals surface area (Å²) in [6, 6.07) is 12.9. The van der Waals surface area contributed by atoms with Gasteiger partial charge in [-0.3, -0.25) is 4.79 Å². The molecule has 0 aliphatic carbocycles. The second kappa shape index (κ2) is 7.29. The highest BCUT2D eigenvalue weighted by Gasteiger charge is 2.65. The van der Waals surface area contributed by atoms with Gasteiger partial charge in [-0.2, -0.15) is 0 Å². The Labute approximate surface area is 182 Å². The third-order valence-corrected chi connectivity index (χ3v) is 9.50. The first-order valence-electron chi connectivity index (χ1n) is 9.44. The number of halogens is 2. The number of hydrogen-bond donors (Lipinski definition) is 0. The third-order valence-electron chi connectivity index (χ3n) is 5.92. The largest absolute Gasteiger partial charge is 0.330 e. The number of hydrogen-bond acceptors (Lipinski definition) is 3. The van der Waals surface area contributed by atoms with E-state index in [4.69, 9.17) is 23.2 Å². The summed E-state index contributed by atoms with van der Waals surface area (Å²) in [5.41, 5.74) is 1.26. The van der Waals surface area contributed by atoms with Crippen molar-refractivity contribution >= 4 is 38.9 Å². The first-order valence-corrected chi connectivity index (χ1v) is 11.7. The van der Waals surface area contributed by atoms with E-state index in [1.165, 1.54) is 13.8 Å². The number of carbonyl (C=O) groups is 1. The van der Waals surface area contributed by atoms with Gasteiger partial charge >= 0.3 is 0 Å². The molecule has 29 heavy (non-hydrogen) atoms. The first-order chi connectivity index (χ1) is 13.4. The molecule has 156 valence electrons. The standard InChI is InChI=1S/C22H25Cl2NO3S/c1-14(2)25-19(15-9-11-17(23)12-10-15)22(5,16-7-6-8-18(24)13-16)29(27,28)21(3,4)20(25)26/h6-14,19H,1-5H3/t19-,22+/m1/s1. The van der Waals surface area contributed by atoms with Gasteiger partial charge < -0.3 is 4.90 Å². The molecule has 7 heteroatoms. The predicted molar refractivity (Wildman–Crippen MR) is 118 cm³/mol. The van der Waals surface area contributed by atoms with Crippen LogP contribution in [0.15, 0.2) is 48.5 Å². The topological polar surface area (TPSA) is 54.5 Å². The van der Waals surface area contributed by atoms with Gasteiger partial charge in [-0.25, -0.2) is 8.42 Å². The van der Waals surface area contributed by atoms with Crippen LogP contribution in [0.1, 0.15) is 51.8 Å². The highest BCUT2D eigenvalue weighted by molar-refractivity contribution is 7.94. The molecule has 1 heterocycles. The Balaban J connectivity index is 2.43. The van der Waals surface area contributed by atoms with E-state index in [1.54, 1.807) is 60.4 Å². The van der Waals surface area contributed by atoms with Crippen molar-refractivity contribution in [2.75, 3.05) is 0 Å². The predicted octanol–water partition coefficient (Wildman–Crippen LogP) is 5.39. The molecule has 0 bridgehead atoms. The van der Waals surface area contributed by atoms with E-state index in [9.17, 15) is 13.2 Å². The zero-order valence-electron chi connectivity index (χ0n) is 17.1. The minimum Gasteiger partial charge on any atom is -0.330 e. The van der Waals surface area contributed by atoms with Crippen LogP contribution in [0.4, 0.5) is 0 Å². The van der Waals surface area contributed by atoms with Crippen LogP contribution < -0.4 is 0 Å². The maximum atomic E-state index is 14.0. The minimum absolute atomic E-state index is 0.212. The molecule has 0 aromatic heterocycles. The van der Waals surface area contributed by atoms with Crippen molar-refractivity contribution in [1.82, 2.24) is 4.90 Å². The molecular formula is C22H25Cl2NO3S. The van der Waals surface area contributed by atoms with Crippen LogP contribution >= 0.6 is 23.2 Å². The summed E-state index contributed by atoms with van der Waals surface area (Å²) in [7, 11) is -3.98. The lowest BCUT2D eigenvalue weighted by atomic mass is 9.84. The van der Waals surface area contributed by atoms with Gasteiger partial charge in [0.15, 0.2) is 9.84 Å². The van der Waals surface area contributed by atoms with Gasteiger partial charge in [0.25, 0.3) is 0 Å². The lowest BCUT2D eigenvalue weighted by Gasteiger charge is -2.54. The second-order valence-electron chi connectivity index (χ2n) is 8.39. The molecule has 3 rings (SSSR count). The van der Waals surface area contributed by atoms with Crippen LogP contribution in [0, 0.1) is 0 Å². The Morgan fingerprint density at radius 3 is 2.07 bits per heavy atom. The van der Waals surface area contributed by atoms with Crippen LogP contribution in [0.5, 0.6) is 0 Å². The summed E-state index contributed by atoms with van der Waals surface area (Å²) in [6.45, 7) is 8.46. The first kappa shape index (κ1) is 22.1. The average Bonchev–Trinajstić information content (AvgIpc) is 2.64. The second-order valence-corrected chi connectivity index (χ2v) is 12.1. The van der Waals surface area contributed by atoms with Gasteiger partial charge in [0.2, 0.25) is 5.91 Å². The van der Waals surface area contributed by atoms with Crippen molar-refractivity contribution in [2.24, 2.45) is 0 Å². The van der Waals surface area contributed by atoms with E-state index in [2.05, 4.69) is 0 Å². The maximum absolute atomic E-state index is 14.0. The highest BCUT2D eigenvalue weighted by Crippen LogP contribution is 2.54. The van der Waals surface area contributed by atoms with Crippen LogP contribution in [0.3, 0.4) is 0 Å². The molecule has 4 nitrogen and oxygen atoms in total. The summed E-state index contributed by atoms with van der Waals surface area (Å²) in [6.07, 6.45) is 0. The lowest BCUT2D eigenvalue weighted by molar-refractivity contribution is -0.140. The zero-order chi connectivity index (χ0) is 21.8. The average molecular weight is 454 g/mol. The summed E-state index contributed by atoms with van der Waals surface area (Å²) < 4.78 is 25.0. The van der Waals surface area contributed by atoms with E-state index >= 15 is 0 Å². The van der Waals surface area contributed by atoms with Crippen molar-refractivity contribution in [3.63, 3.8) is 0 Å². The lowest BCUT2D eigenvalue weighted by Crippen LogP contribution is -2.67. The fourth-order valence-electron chi connectivity index (χ4n) is 4.25. The van der Waals surface area contributed by atoms with Gasteiger partial charge in [-0.15, -0.1) is 0 Å². The molecular weight excluding hydrogens is 429 g/mol. The molecule has 1 saturated heterocycles. The minimum atomic E-state index is -3.98. The molecule has 0 radical (unpaired) electrons. The summed E-state index contributed by atoms with van der Waals surface area (Å²) >= 11 is 12.3. The zero-order valence-corrected chi connectivity index (χ0v) is 19.4. The Hall–Kier alpha value is -1.56. The van der Waals surface area contributed by atoms with E-state index in [1.807, 2.05) is 13.8 Å². The molecule has 1 aliphatic heterocycles. The molecule has 2 atom stereocenters. The van der Waals surface area contributed by atoms with Crippen molar-refractivity contribution < 1.29 is 13.2 Å². The highest BCUT2D eigenvalue weighted by atomic mass is 35.5. The van der Waals surface area contributed by atoms with Gasteiger partial charge in [0.05, 0.1) is 6.04 Å². The SMILES string of the molecule is CC(C)N1C(=O)C(C)(C)S(=O)(=O)[C@@](C)(c2cccc(Cl)c2)[C@H]1c1ccc(Cl)cc1. The van der Waals surface area contributed by atoms with Gasteiger partial charge in [0.1, 0.15) is 9.49 Å². The molecule has 0 unspecified atom stereocenters. The fraction of sp³-hybridized carbons (Fsp3) is 0.409. The van der Waals surface area contributed by atoms with Crippen LogP contribution in [-0.2, 0) is 19.4 Å². The fourth-order valence-corrected chi connectivity index (χ4v) is 6.94. The van der Waals surface area contributed by atoms with E-state index in [0.29, 0.717) is 21.2 Å². The third kappa shape index (κ3) is 3.18. The Morgan fingerprint density at radius 1 is 0.966 bits per heavy atom. The van der Waals surface area contributed by atoms with Crippen molar-refractivity contribution in [1.29, 1.82) is 0 Å². The summed E-state index contributed by atoms with van der Waals surface area (Å²) in [4.78, 5) is 15.1. The number of nitrogens with zero attached hydrogens (tertiary/aromatic N) is 1. The van der Waals surface area contributed by atoms with Crippen LogP contribution in [0.2, 0.25) is 10.0 Å². The molecule has 0 saturated carbocycles. The molecule has 2 aromatic rings. The quantitative estimate of drug-likeness (QED) is 0.625. The van der Waals surface area contributed by atoms with Gasteiger partial charge in [0, 0.05) is 16.1 Å². The van der Waals surface area contributed by atoms with E-state index in [-0.39, 0.29) is 6.04 Å². The van der Waals surface area contributed by atoms with Crippen LogP contribution in [-0.4, -0.2) is 30.0 Å². The molecule has 1 aliphatic rings. The number of amides is 1. The number of benzene rings is 2. The number of carbonyl (C=O) groups excluding carboxylic acids is 1. The molecule has 0 N–H and O–H groups in total. The normalized spacial score (nSPS) is 26.0. The molecule has 0 spiro atoms. The Kier molecular flexibility index (Phi) is 5.57. The van der Waals surface area contributed by atoms with E-state index < -0.39 is 31.3 Å². The summed E-state index contributed by atoms with van der Waals surface area (Å²) in [5.74, 6) is -0.410. The summed E-state index contributed by atoms with van der Waals surface area (Å²) in [5, 5.41) is 0.985. The van der Waals surface area contributed by atoms with Gasteiger partial charge in [-0.1, -0.05) is 47.5 Å². The van der Waals surface area contributed by atoms with E-state index in [0.717, 1.165) is 0 Å². The Morgan fingerprint density at radius 2 is 1.55 bits per heavy atom. The van der Waals surface area contributed by atoms with Crippen LogP contribution in [0.25, 0.3) is 0 Å². The molecule has 2 aromatic carbocycles. The maximum Gasteiger partial charge on any atom is 0.244 e. The molecule has 1 fully saturated rings. The van der Waals surface area contributed by atoms with Crippen molar-refractivity contribution in [3.8, 4) is 0 Å². The van der Waals surface area contributed by atoms with Crippen molar-refractivity contribution in [3.05, 3.63) is 69.7 Å². The Bertz CT molecular complexity index is 1050. The van der Waals surface area contributed by atoms with Crippen molar-refractivity contribution in [2.45, 2.75) is 56.2 Å². The number of sulfone groups is 1. The molecule has 1 amide bonds.